The lowest BCUT2D eigenvalue weighted by molar-refractivity contribution is 0.0994. The van der Waals surface area contributed by atoms with E-state index in [4.69, 9.17) is 0 Å². The van der Waals surface area contributed by atoms with Gasteiger partial charge in [0, 0.05) is 5.56 Å². The first-order valence-corrected chi connectivity index (χ1v) is 6.32. The number of hydrogen-bond donors (Lipinski definition) is 0. The highest BCUT2D eigenvalue weighted by Gasteiger charge is 2.17. The normalized spacial score (nSPS) is 12.1. The number of Topliss-reactive ketones (excluding diaryl/α,β-unsaturated/α-hetero) is 1. The molecule has 2 heteroatoms. The summed E-state index contributed by atoms with van der Waals surface area (Å²) in [6.45, 7) is 0. The van der Waals surface area contributed by atoms with E-state index in [1.165, 1.54) is 0 Å². The summed E-state index contributed by atoms with van der Waals surface area (Å²) < 4.78 is -0.110. The summed E-state index contributed by atoms with van der Waals surface area (Å²) in [5.41, 5.74) is 1.82. The molecule has 0 aliphatic carbocycles. The quantitative estimate of drug-likeness (QED) is 0.473. The number of carbonyl (C=O) groups excluding carboxylic acids is 1. The molecule has 0 N–H and O–H groups in total. The van der Waals surface area contributed by atoms with Crippen LogP contribution >= 0.6 is 22.6 Å². The van der Waals surface area contributed by atoms with Crippen LogP contribution < -0.4 is 0 Å². The zero-order valence-corrected chi connectivity index (χ0v) is 10.8. The molecule has 0 unspecified atom stereocenters. The fourth-order valence-electron chi connectivity index (χ4n) is 1.52. The molecular weight excluding hydrogens is 311 g/mol. The average molecular weight is 322 g/mol. The van der Waals surface area contributed by atoms with Gasteiger partial charge in [0.1, 0.15) is 0 Å². The van der Waals surface area contributed by atoms with Gasteiger partial charge >= 0.3 is 0 Å². The van der Waals surface area contributed by atoms with Gasteiger partial charge in [0.25, 0.3) is 0 Å². The maximum Gasteiger partial charge on any atom is 0.180 e. The summed E-state index contributed by atoms with van der Waals surface area (Å²) in [6, 6.07) is 19.3. The minimum absolute atomic E-state index is 0.110. The number of halogens is 1. The summed E-state index contributed by atoms with van der Waals surface area (Å²) in [6.07, 6.45) is 0. The second-order valence-corrected chi connectivity index (χ2v) is 4.75. The van der Waals surface area contributed by atoms with Crippen LogP contribution in [0.5, 0.6) is 0 Å². The molecule has 0 radical (unpaired) electrons. The van der Waals surface area contributed by atoms with Crippen LogP contribution in [0.1, 0.15) is 19.8 Å². The van der Waals surface area contributed by atoms with Gasteiger partial charge in [0.15, 0.2) is 5.78 Å². The highest BCUT2D eigenvalue weighted by molar-refractivity contribution is 14.1. The number of carbonyl (C=O) groups is 1. The summed E-state index contributed by atoms with van der Waals surface area (Å²) in [7, 11) is 0. The van der Waals surface area contributed by atoms with Crippen molar-refractivity contribution in [2.24, 2.45) is 0 Å². The molecule has 2 aromatic rings. The number of ketones is 1. The third kappa shape index (κ3) is 2.50. The van der Waals surface area contributed by atoms with Crippen molar-refractivity contribution in [3.63, 3.8) is 0 Å². The Kier molecular flexibility index (Phi) is 3.72. The van der Waals surface area contributed by atoms with Crippen LogP contribution in [-0.2, 0) is 0 Å². The maximum absolute atomic E-state index is 12.1. The predicted octanol–water partition coefficient (Wildman–Crippen LogP) is 4.05. The minimum atomic E-state index is -0.110. The molecule has 0 aromatic heterocycles. The third-order valence-corrected chi connectivity index (χ3v) is 3.67. The van der Waals surface area contributed by atoms with E-state index in [1.54, 1.807) is 0 Å². The first-order chi connectivity index (χ1) is 7.79. The van der Waals surface area contributed by atoms with Crippen molar-refractivity contribution in [1.82, 2.24) is 0 Å². The summed E-state index contributed by atoms with van der Waals surface area (Å²) in [5, 5.41) is 0. The lowest BCUT2D eigenvalue weighted by atomic mass is 10.0. The van der Waals surface area contributed by atoms with E-state index in [-0.39, 0.29) is 9.71 Å². The van der Waals surface area contributed by atoms with E-state index < -0.39 is 0 Å². The van der Waals surface area contributed by atoms with Crippen LogP contribution in [0.3, 0.4) is 0 Å². The zero-order chi connectivity index (χ0) is 11.4. The molecule has 0 spiro atoms. The van der Waals surface area contributed by atoms with E-state index in [2.05, 4.69) is 22.6 Å². The van der Waals surface area contributed by atoms with Crippen molar-refractivity contribution in [2.75, 3.05) is 0 Å². The van der Waals surface area contributed by atoms with Crippen molar-refractivity contribution in [3.05, 3.63) is 71.8 Å². The van der Waals surface area contributed by atoms with Crippen LogP contribution in [0.4, 0.5) is 0 Å². The van der Waals surface area contributed by atoms with E-state index in [0.29, 0.717) is 0 Å². The standard InChI is InChI=1S/C14H11IO/c15-13(11-7-3-1-4-8-11)14(16)12-9-5-2-6-10-12/h1-10,13H/t13-/m0/s1. The van der Waals surface area contributed by atoms with Gasteiger partial charge in [0.05, 0.1) is 3.92 Å². The van der Waals surface area contributed by atoms with Crippen LogP contribution in [-0.4, -0.2) is 5.78 Å². The molecule has 1 atom stereocenters. The van der Waals surface area contributed by atoms with Crippen molar-refractivity contribution >= 4 is 28.4 Å². The van der Waals surface area contributed by atoms with Crippen LogP contribution in [0.25, 0.3) is 0 Å². The van der Waals surface area contributed by atoms with Gasteiger partial charge < -0.3 is 0 Å². The Morgan fingerprint density at radius 1 is 0.875 bits per heavy atom. The van der Waals surface area contributed by atoms with Gasteiger partial charge in [-0.15, -0.1) is 0 Å². The first-order valence-electron chi connectivity index (χ1n) is 5.07. The van der Waals surface area contributed by atoms with Crippen molar-refractivity contribution < 1.29 is 4.79 Å². The predicted molar refractivity (Wildman–Crippen MR) is 74.0 cm³/mol. The highest BCUT2D eigenvalue weighted by atomic mass is 127. The number of rotatable bonds is 3. The van der Waals surface area contributed by atoms with E-state index >= 15 is 0 Å². The topological polar surface area (TPSA) is 17.1 Å². The first kappa shape index (κ1) is 11.3. The molecule has 80 valence electrons. The molecule has 0 saturated heterocycles. The van der Waals surface area contributed by atoms with Crippen LogP contribution in [0.2, 0.25) is 0 Å². The molecule has 0 heterocycles. The molecule has 0 aliphatic heterocycles. The Morgan fingerprint density at radius 3 is 1.94 bits per heavy atom. The Bertz CT molecular complexity index is 465. The molecule has 0 amide bonds. The zero-order valence-electron chi connectivity index (χ0n) is 8.64. The molecule has 2 rings (SSSR count). The SMILES string of the molecule is O=C(c1ccccc1)[C@@H](I)c1ccccc1. The maximum atomic E-state index is 12.1. The fraction of sp³-hybridized carbons (Fsp3) is 0.0714. The number of benzene rings is 2. The van der Waals surface area contributed by atoms with Gasteiger partial charge in [-0.1, -0.05) is 83.3 Å². The minimum Gasteiger partial charge on any atom is -0.293 e. The Morgan fingerprint density at radius 2 is 1.38 bits per heavy atom. The lowest BCUT2D eigenvalue weighted by Gasteiger charge is -2.08. The Labute approximate surface area is 109 Å². The van der Waals surface area contributed by atoms with Gasteiger partial charge in [-0.05, 0) is 5.56 Å². The summed E-state index contributed by atoms with van der Waals surface area (Å²) in [4.78, 5) is 12.1. The molecular formula is C14H11IO. The molecule has 0 aliphatic rings. The van der Waals surface area contributed by atoms with E-state index in [1.807, 2.05) is 60.7 Å². The molecule has 0 bridgehead atoms. The van der Waals surface area contributed by atoms with Gasteiger partial charge in [-0.2, -0.15) is 0 Å². The van der Waals surface area contributed by atoms with Gasteiger partial charge in [0.2, 0.25) is 0 Å². The Balaban J connectivity index is 2.24. The molecule has 16 heavy (non-hydrogen) atoms. The van der Waals surface area contributed by atoms with E-state index in [0.717, 1.165) is 11.1 Å². The summed E-state index contributed by atoms with van der Waals surface area (Å²) >= 11 is 2.19. The second kappa shape index (κ2) is 5.25. The molecule has 2 aromatic carbocycles. The second-order valence-electron chi connectivity index (χ2n) is 3.50. The van der Waals surface area contributed by atoms with Crippen LogP contribution in [0, 0.1) is 0 Å². The third-order valence-electron chi connectivity index (χ3n) is 2.38. The molecule has 0 fully saturated rings. The van der Waals surface area contributed by atoms with Gasteiger partial charge in [-0.25, -0.2) is 0 Å². The largest absolute Gasteiger partial charge is 0.293 e. The monoisotopic (exact) mass is 322 g/mol. The van der Waals surface area contributed by atoms with Crippen molar-refractivity contribution in [2.45, 2.75) is 3.92 Å². The molecule has 1 nitrogen and oxygen atoms in total. The van der Waals surface area contributed by atoms with Crippen LogP contribution in [0.15, 0.2) is 60.7 Å². The number of alkyl halides is 1. The van der Waals surface area contributed by atoms with E-state index in [9.17, 15) is 4.79 Å². The van der Waals surface area contributed by atoms with Crippen molar-refractivity contribution in [3.8, 4) is 0 Å². The lowest BCUT2D eigenvalue weighted by Crippen LogP contribution is -2.06. The smallest absolute Gasteiger partial charge is 0.180 e. The summed E-state index contributed by atoms with van der Waals surface area (Å²) in [5.74, 6) is 0.160. The van der Waals surface area contributed by atoms with Crippen molar-refractivity contribution in [1.29, 1.82) is 0 Å². The Hall–Kier alpha value is -1.16. The highest BCUT2D eigenvalue weighted by Crippen LogP contribution is 2.27. The van der Waals surface area contributed by atoms with Gasteiger partial charge in [-0.3, -0.25) is 4.79 Å². The average Bonchev–Trinajstić information content (AvgIpc) is 2.39. The number of hydrogen-bond acceptors (Lipinski definition) is 1. The molecule has 0 saturated carbocycles. The fourth-order valence-corrected chi connectivity index (χ4v) is 2.30.